The first-order valence-electron chi connectivity index (χ1n) is 12.1. The van der Waals surface area contributed by atoms with E-state index in [9.17, 15) is 0 Å². The fraction of sp³-hybridized carbons (Fsp3) is 0.310. The van der Waals surface area contributed by atoms with Gasteiger partial charge in [-0.3, -0.25) is 0 Å². The summed E-state index contributed by atoms with van der Waals surface area (Å²) in [7, 11) is 0. The Balaban J connectivity index is 1.25. The van der Waals surface area contributed by atoms with E-state index in [1.165, 1.54) is 24.0 Å². The standard InChI is InChI=1S/C29H28FN3O/c1-17-12-22(13-17)31-27-11-9-20-15-21(8-10-23(20)27)28-32-29(34-33-28)25-14-18(2)24(16-26(25)30)19-6-4-3-5-7-19/h3-8,10,14-17,22,27,31H,9,11-13H2,1-2H3. The number of halogens is 1. The van der Waals surface area contributed by atoms with Crippen LogP contribution in [0.15, 0.2) is 65.2 Å². The molecule has 5 heteroatoms. The van der Waals surface area contributed by atoms with E-state index in [1.54, 1.807) is 12.1 Å². The summed E-state index contributed by atoms with van der Waals surface area (Å²) in [6, 6.07) is 20.6. The van der Waals surface area contributed by atoms with Gasteiger partial charge in [0.2, 0.25) is 5.82 Å². The van der Waals surface area contributed by atoms with E-state index < -0.39 is 0 Å². The quantitative estimate of drug-likeness (QED) is 0.357. The predicted molar refractivity (Wildman–Crippen MR) is 132 cm³/mol. The van der Waals surface area contributed by atoms with Gasteiger partial charge in [0.25, 0.3) is 5.89 Å². The molecule has 1 N–H and O–H groups in total. The largest absolute Gasteiger partial charge is 0.334 e. The summed E-state index contributed by atoms with van der Waals surface area (Å²) in [6.45, 7) is 4.29. The lowest BCUT2D eigenvalue weighted by Crippen LogP contribution is -2.41. The van der Waals surface area contributed by atoms with E-state index in [0.29, 0.717) is 23.5 Å². The van der Waals surface area contributed by atoms with Crippen LogP contribution in [0.5, 0.6) is 0 Å². The normalized spacial score (nSPS) is 21.3. The number of nitrogens with one attached hydrogen (secondary N) is 1. The van der Waals surface area contributed by atoms with Gasteiger partial charge in [-0.1, -0.05) is 54.5 Å². The van der Waals surface area contributed by atoms with Crippen LogP contribution in [-0.4, -0.2) is 16.2 Å². The van der Waals surface area contributed by atoms with E-state index in [4.69, 9.17) is 4.52 Å². The summed E-state index contributed by atoms with van der Waals surface area (Å²) in [5.41, 5.74) is 6.75. The molecule has 4 nitrogen and oxygen atoms in total. The Labute approximate surface area is 199 Å². The van der Waals surface area contributed by atoms with Crippen molar-refractivity contribution in [3.8, 4) is 34.0 Å². The maximum absolute atomic E-state index is 15.1. The molecule has 3 aromatic carbocycles. The topological polar surface area (TPSA) is 51.0 Å². The number of rotatable bonds is 5. The van der Waals surface area contributed by atoms with Crippen LogP contribution in [-0.2, 0) is 6.42 Å². The van der Waals surface area contributed by atoms with E-state index in [1.807, 2.05) is 37.3 Å². The minimum absolute atomic E-state index is 0.203. The van der Waals surface area contributed by atoms with E-state index in [2.05, 4.69) is 40.6 Å². The average Bonchev–Trinajstić information content (AvgIpc) is 3.47. The van der Waals surface area contributed by atoms with Crippen molar-refractivity contribution in [2.45, 2.75) is 51.6 Å². The molecule has 0 aliphatic heterocycles. The molecule has 2 aliphatic rings. The van der Waals surface area contributed by atoms with E-state index in [0.717, 1.165) is 41.0 Å². The summed E-state index contributed by atoms with van der Waals surface area (Å²) in [5.74, 6) is 1.17. The Morgan fingerprint density at radius 1 is 0.971 bits per heavy atom. The summed E-state index contributed by atoms with van der Waals surface area (Å²) in [4.78, 5) is 4.55. The SMILES string of the molecule is Cc1cc(-c2nc(-c3ccc4c(c3)CCC4NC3CC(C)C3)no2)c(F)cc1-c1ccccc1. The number of hydrogen-bond acceptors (Lipinski definition) is 4. The molecular weight excluding hydrogens is 425 g/mol. The van der Waals surface area contributed by atoms with Crippen molar-refractivity contribution in [2.75, 3.05) is 0 Å². The lowest BCUT2D eigenvalue weighted by Gasteiger charge is -2.36. The molecule has 6 rings (SSSR count). The summed E-state index contributed by atoms with van der Waals surface area (Å²) in [5, 5.41) is 7.99. The number of aromatic nitrogens is 2. The average molecular weight is 454 g/mol. The minimum atomic E-state index is -0.368. The molecule has 0 spiro atoms. The highest BCUT2D eigenvalue weighted by Crippen LogP contribution is 2.37. The maximum atomic E-state index is 15.1. The molecule has 2 aliphatic carbocycles. The second-order valence-corrected chi connectivity index (χ2v) is 9.88. The fourth-order valence-corrected chi connectivity index (χ4v) is 5.48. The molecule has 34 heavy (non-hydrogen) atoms. The lowest BCUT2D eigenvalue weighted by molar-refractivity contribution is 0.222. The number of fused-ring (bicyclic) bond motifs is 1. The second-order valence-electron chi connectivity index (χ2n) is 9.88. The van der Waals surface area contributed by atoms with Gasteiger partial charge < -0.3 is 9.84 Å². The molecular formula is C29H28FN3O. The molecule has 1 fully saturated rings. The van der Waals surface area contributed by atoms with Gasteiger partial charge in [0, 0.05) is 17.6 Å². The Morgan fingerprint density at radius 2 is 1.79 bits per heavy atom. The van der Waals surface area contributed by atoms with E-state index in [-0.39, 0.29) is 11.7 Å². The van der Waals surface area contributed by atoms with Crippen LogP contribution in [0.3, 0.4) is 0 Å². The van der Waals surface area contributed by atoms with Gasteiger partial charge in [-0.05, 0) is 84.5 Å². The lowest BCUT2D eigenvalue weighted by atomic mass is 9.81. The van der Waals surface area contributed by atoms with E-state index >= 15 is 4.39 Å². The third-order valence-electron chi connectivity index (χ3n) is 7.34. The number of benzene rings is 3. The highest BCUT2D eigenvalue weighted by atomic mass is 19.1. The van der Waals surface area contributed by atoms with Crippen molar-refractivity contribution in [3.63, 3.8) is 0 Å². The molecule has 1 unspecified atom stereocenters. The van der Waals surface area contributed by atoms with Crippen LogP contribution in [0.25, 0.3) is 34.0 Å². The maximum Gasteiger partial charge on any atom is 0.261 e. The first-order valence-corrected chi connectivity index (χ1v) is 12.1. The highest BCUT2D eigenvalue weighted by Gasteiger charge is 2.31. The van der Waals surface area contributed by atoms with Crippen LogP contribution in [0, 0.1) is 18.7 Å². The van der Waals surface area contributed by atoms with Crippen molar-refractivity contribution >= 4 is 0 Å². The van der Waals surface area contributed by atoms with Crippen molar-refractivity contribution in [2.24, 2.45) is 5.92 Å². The van der Waals surface area contributed by atoms with Gasteiger partial charge >= 0.3 is 0 Å². The van der Waals surface area contributed by atoms with Gasteiger partial charge in [0.05, 0.1) is 5.56 Å². The molecule has 172 valence electrons. The van der Waals surface area contributed by atoms with Gasteiger partial charge in [-0.2, -0.15) is 4.98 Å². The summed E-state index contributed by atoms with van der Waals surface area (Å²) < 4.78 is 20.6. The number of hydrogen-bond donors (Lipinski definition) is 1. The molecule has 0 amide bonds. The molecule has 1 saturated carbocycles. The van der Waals surface area contributed by atoms with Crippen molar-refractivity contribution < 1.29 is 8.91 Å². The first-order chi connectivity index (χ1) is 16.5. The zero-order valence-corrected chi connectivity index (χ0v) is 19.5. The summed E-state index contributed by atoms with van der Waals surface area (Å²) in [6.07, 6.45) is 4.72. The Hall–Kier alpha value is -3.31. The van der Waals surface area contributed by atoms with Crippen LogP contribution < -0.4 is 5.32 Å². The van der Waals surface area contributed by atoms with Crippen LogP contribution >= 0.6 is 0 Å². The smallest absolute Gasteiger partial charge is 0.261 e. The first kappa shape index (κ1) is 21.2. The highest BCUT2D eigenvalue weighted by molar-refractivity contribution is 5.72. The molecule has 0 radical (unpaired) electrons. The van der Waals surface area contributed by atoms with Gasteiger partial charge in [0.15, 0.2) is 0 Å². The molecule has 1 aromatic heterocycles. The Bertz CT molecular complexity index is 1340. The van der Waals surface area contributed by atoms with Crippen molar-refractivity contribution in [1.82, 2.24) is 15.5 Å². The molecule has 4 aromatic rings. The predicted octanol–water partition coefficient (Wildman–Crippen LogP) is 6.89. The summed E-state index contributed by atoms with van der Waals surface area (Å²) >= 11 is 0. The number of aryl methyl sites for hydroxylation is 2. The van der Waals surface area contributed by atoms with Gasteiger partial charge in [0.1, 0.15) is 5.82 Å². The monoisotopic (exact) mass is 453 g/mol. The zero-order chi connectivity index (χ0) is 23.2. The fourth-order valence-electron chi connectivity index (χ4n) is 5.48. The molecule has 1 heterocycles. The van der Waals surface area contributed by atoms with Crippen molar-refractivity contribution in [1.29, 1.82) is 0 Å². The Kier molecular flexibility index (Phi) is 5.30. The molecule has 0 bridgehead atoms. The second kappa shape index (κ2) is 8.48. The third-order valence-corrected chi connectivity index (χ3v) is 7.34. The van der Waals surface area contributed by atoms with Gasteiger partial charge in [-0.25, -0.2) is 4.39 Å². The van der Waals surface area contributed by atoms with Crippen LogP contribution in [0.1, 0.15) is 48.9 Å². The molecule has 1 atom stereocenters. The Morgan fingerprint density at radius 3 is 2.59 bits per heavy atom. The minimum Gasteiger partial charge on any atom is -0.334 e. The zero-order valence-electron chi connectivity index (χ0n) is 19.5. The third kappa shape index (κ3) is 3.84. The van der Waals surface area contributed by atoms with Gasteiger partial charge in [-0.15, -0.1) is 0 Å². The number of nitrogens with zero attached hydrogens (tertiary/aromatic N) is 2. The van der Waals surface area contributed by atoms with Crippen LogP contribution in [0.2, 0.25) is 0 Å². The van der Waals surface area contributed by atoms with Crippen LogP contribution in [0.4, 0.5) is 4.39 Å². The molecule has 0 saturated heterocycles. The van der Waals surface area contributed by atoms with Crippen molar-refractivity contribution in [3.05, 3.63) is 83.2 Å².